The number of sulfone groups is 1. The van der Waals surface area contributed by atoms with Crippen molar-refractivity contribution in [1.82, 2.24) is 9.97 Å². The number of aromatic nitrogens is 2. The highest BCUT2D eigenvalue weighted by Gasteiger charge is 2.06. The predicted octanol–water partition coefficient (Wildman–Crippen LogP) is 2.25. The number of hydrogen-bond acceptors (Lipinski definition) is 5. The Bertz CT molecular complexity index is 672. The molecular weight excluding hydrogens is 330 g/mol. The lowest BCUT2D eigenvalue weighted by Gasteiger charge is -2.07. The maximum absolute atomic E-state index is 11.3. The summed E-state index contributed by atoms with van der Waals surface area (Å²) in [7, 11) is -3.14. The van der Waals surface area contributed by atoms with Crippen LogP contribution in [0.1, 0.15) is 5.56 Å². The van der Waals surface area contributed by atoms with E-state index in [0.717, 1.165) is 10.0 Å². The Morgan fingerprint density at radius 3 is 2.53 bits per heavy atom. The molecule has 0 fully saturated rings. The number of benzene rings is 1. The Morgan fingerprint density at radius 1 is 1.26 bits per heavy atom. The lowest BCUT2D eigenvalue weighted by molar-refractivity contribution is 0.602. The summed E-state index contributed by atoms with van der Waals surface area (Å²) in [5, 5.41) is 3.14. The maximum atomic E-state index is 11.3. The summed E-state index contributed by atoms with van der Waals surface area (Å²) in [4.78, 5) is 8.28. The van der Waals surface area contributed by atoms with Gasteiger partial charge in [-0.3, -0.25) is 0 Å². The second kappa shape index (κ2) is 5.66. The van der Waals surface area contributed by atoms with Crippen molar-refractivity contribution < 1.29 is 8.42 Å². The molecule has 19 heavy (non-hydrogen) atoms. The van der Waals surface area contributed by atoms with Gasteiger partial charge in [-0.1, -0.05) is 12.1 Å². The minimum atomic E-state index is -3.14. The summed E-state index contributed by atoms with van der Waals surface area (Å²) in [5.41, 5.74) is 0.970. The van der Waals surface area contributed by atoms with Crippen LogP contribution in [-0.4, -0.2) is 24.6 Å². The quantitative estimate of drug-likeness (QED) is 0.923. The van der Waals surface area contributed by atoms with Crippen molar-refractivity contribution in [1.29, 1.82) is 0 Å². The Labute approximate surface area is 120 Å². The van der Waals surface area contributed by atoms with Gasteiger partial charge in [-0.25, -0.2) is 18.4 Å². The smallest absolute Gasteiger partial charge is 0.175 e. The van der Waals surface area contributed by atoms with Crippen molar-refractivity contribution in [3.8, 4) is 0 Å². The van der Waals surface area contributed by atoms with Gasteiger partial charge in [-0.2, -0.15) is 0 Å². The molecule has 1 heterocycles. The minimum absolute atomic E-state index is 0.319. The Morgan fingerprint density at radius 2 is 1.95 bits per heavy atom. The molecule has 2 rings (SSSR count). The van der Waals surface area contributed by atoms with Gasteiger partial charge >= 0.3 is 0 Å². The Kier molecular flexibility index (Phi) is 4.16. The third-order valence-corrected chi connectivity index (χ3v) is 4.19. The van der Waals surface area contributed by atoms with Gasteiger partial charge in [-0.05, 0) is 33.6 Å². The molecule has 0 radical (unpaired) electrons. The van der Waals surface area contributed by atoms with E-state index in [1.54, 1.807) is 30.5 Å². The van der Waals surface area contributed by atoms with Gasteiger partial charge in [0.1, 0.15) is 12.1 Å². The number of halogens is 1. The number of rotatable bonds is 4. The van der Waals surface area contributed by atoms with Crippen LogP contribution >= 0.6 is 15.9 Å². The van der Waals surface area contributed by atoms with Crippen LogP contribution in [-0.2, 0) is 16.4 Å². The molecule has 1 N–H and O–H groups in total. The number of nitrogens with zero attached hydrogens (tertiary/aromatic N) is 2. The number of anilines is 1. The molecule has 0 amide bonds. The molecular formula is C12H12BrN3O2S. The van der Waals surface area contributed by atoms with Gasteiger partial charge in [-0.15, -0.1) is 0 Å². The molecule has 0 aliphatic carbocycles. The van der Waals surface area contributed by atoms with Gasteiger partial charge in [0, 0.05) is 19.0 Å². The van der Waals surface area contributed by atoms with Crippen molar-refractivity contribution in [3.63, 3.8) is 0 Å². The maximum Gasteiger partial charge on any atom is 0.175 e. The van der Waals surface area contributed by atoms with Gasteiger partial charge in [0.05, 0.1) is 9.37 Å². The molecule has 0 spiro atoms. The molecule has 0 atom stereocenters. The van der Waals surface area contributed by atoms with Crippen LogP contribution in [0.15, 0.2) is 46.2 Å². The molecule has 0 unspecified atom stereocenters. The first kappa shape index (κ1) is 14.0. The van der Waals surface area contributed by atoms with Crippen molar-refractivity contribution in [3.05, 3.63) is 46.8 Å². The summed E-state index contributed by atoms with van der Waals surface area (Å²) in [5.74, 6) is 0.696. The van der Waals surface area contributed by atoms with Gasteiger partial charge < -0.3 is 5.32 Å². The average molecular weight is 342 g/mol. The average Bonchev–Trinajstić information content (AvgIpc) is 2.37. The third kappa shape index (κ3) is 3.74. The highest BCUT2D eigenvalue weighted by atomic mass is 79.9. The van der Waals surface area contributed by atoms with Crippen molar-refractivity contribution in [2.45, 2.75) is 11.4 Å². The van der Waals surface area contributed by atoms with Crippen molar-refractivity contribution in [2.75, 3.05) is 11.6 Å². The summed E-state index contributed by atoms with van der Waals surface area (Å²) in [6.07, 6.45) is 4.31. The van der Waals surface area contributed by atoms with Gasteiger partial charge in [0.25, 0.3) is 0 Å². The zero-order chi connectivity index (χ0) is 13.9. The van der Waals surface area contributed by atoms with E-state index in [-0.39, 0.29) is 0 Å². The molecule has 7 heteroatoms. The lowest BCUT2D eigenvalue weighted by atomic mass is 10.2. The van der Waals surface area contributed by atoms with E-state index in [1.165, 1.54) is 12.6 Å². The molecule has 0 saturated heterocycles. The van der Waals surface area contributed by atoms with E-state index in [2.05, 4.69) is 31.2 Å². The summed E-state index contributed by atoms with van der Waals surface area (Å²) in [6, 6.07) is 6.75. The molecule has 5 nitrogen and oxygen atoms in total. The molecule has 0 aliphatic heterocycles. The van der Waals surface area contributed by atoms with E-state index >= 15 is 0 Å². The first-order valence-corrected chi connectivity index (χ1v) is 8.13. The normalized spacial score (nSPS) is 11.3. The highest BCUT2D eigenvalue weighted by molar-refractivity contribution is 9.10. The Balaban J connectivity index is 2.07. The topological polar surface area (TPSA) is 72.0 Å². The van der Waals surface area contributed by atoms with Crippen LogP contribution < -0.4 is 5.32 Å². The zero-order valence-electron chi connectivity index (χ0n) is 10.2. The molecule has 1 aromatic heterocycles. The van der Waals surface area contributed by atoms with E-state index < -0.39 is 9.84 Å². The standard InChI is InChI=1S/C12H12BrN3O2S/c1-19(17,18)10-4-2-9(3-5-10)6-15-12-11(13)7-14-8-16-12/h2-5,7-8H,6H2,1H3,(H,14,15,16). The zero-order valence-corrected chi connectivity index (χ0v) is 12.6. The molecule has 0 aliphatic rings. The fraction of sp³-hybridized carbons (Fsp3) is 0.167. The SMILES string of the molecule is CS(=O)(=O)c1ccc(CNc2ncncc2Br)cc1. The van der Waals surface area contributed by atoms with Crippen LogP contribution in [0.2, 0.25) is 0 Å². The van der Waals surface area contributed by atoms with Crippen LogP contribution in [0.5, 0.6) is 0 Å². The Hall–Kier alpha value is -1.47. The second-order valence-corrected chi connectivity index (χ2v) is 6.86. The van der Waals surface area contributed by atoms with Gasteiger partial charge in [0.15, 0.2) is 9.84 Å². The molecule has 2 aromatic rings. The third-order valence-electron chi connectivity index (χ3n) is 2.48. The van der Waals surface area contributed by atoms with Crippen molar-refractivity contribution >= 4 is 31.6 Å². The fourth-order valence-electron chi connectivity index (χ4n) is 1.48. The minimum Gasteiger partial charge on any atom is -0.365 e. The largest absolute Gasteiger partial charge is 0.365 e. The van der Waals surface area contributed by atoms with Crippen LogP contribution in [0, 0.1) is 0 Å². The number of hydrogen-bond donors (Lipinski definition) is 1. The first-order valence-electron chi connectivity index (χ1n) is 5.45. The van der Waals surface area contributed by atoms with Crippen molar-refractivity contribution in [2.24, 2.45) is 0 Å². The summed E-state index contributed by atoms with van der Waals surface area (Å²) in [6.45, 7) is 0.555. The monoisotopic (exact) mass is 341 g/mol. The van der Waals surface area contributed by atoms with E-state index in [0.29, 0.717) is 17.3 Å². The molecule has 0 saturated carbocycles. The van der Waals surface area contributed by atoms with E-state index in [1.807, 2.05) is 0 Å². The predicted molar refractivity (Wildman–Crippen MR) is 76.6 cm³/mol. The van der Waals surface area contributed by atoms with Gasteiger partial charge in [0.2, 0.25) is 0 Å². The fourth-order valence-corrected chi connectivity index (χ4v) is 2.47. The van der Waals surface area contributed by atoms with Crippen LogP contribution in [0.25, 0.3) is 0 Å². The summed E-state index contributed by atoms with van der Waals surface area (Å²) >= 11 is 3.34. The van der Waals surface area contributed by atoms with Crippen LogP contribution in [0.4, 0.5) is 5.82 Å². The van der Waals surface area contributed by atoms with E-state index in [4.69, 9.17) is 0 Å². The highest BCUT2D eigenvalue weighted by Crippen LogP contribution is 2.18. The van der Waals surface area contributed by atoms with Crippen LogP contribution in [0.3, 0.4) is 0 Å². The molecule has 0 bridgehead atoms. The first-order chi connectivity index (χ1) is 8.97. The second-order valence-electron chi connectivity index (χ2n) is 3.99. The lowest BCUT2D eigenvalue weighted by Crippen LogP contribution is -2.03. The van der Waals surface area contributed by atoms with E-state index in [9.17, 15) is 8.42 Å². The molecule has 100 valence electrons. The molecule has 1 aromatic carbocycles. The number of nitrogens with one attached hydrogen (secondary N) is 1. The summed E-state index contributed by atoms with van der Waals surface area (Å²) < 4.78 is 23.4.